The van der Waals surface area contributed by atoms with Gasteiger partial charge in [0.2, 0.25) is 5.88 Å². The first-order chi connectivity index (χ1) is 8.60. The highest BCUT2D eigenvalue weighted by Gasteiger charge is 2.09. The molecule has 0 amide bonds. The summed E-state index contributed by atoms with van der Waals surface area (Å²) in [6.45, 7) is 4.02. The van der Waals surface area contributed by atoms with Crippen LogP contribution in [-0.4, -0.2) is 9.97 Å². The first kappa shape index (κ1) is 13.5. The fourth-order valence-corrected chi connectivity index (χ4v) is 2.59. The predicted octanol–water partition coefficient (Wildman–Crippen LogP) is 4.66. The van der Waals surface area contributed by atoms with Crippen molar-refractivity contribution in [2.24, 2.45) is 0 Å². The minimum absolute atomic E-state index is 0.540. The third kappa shape index (κ3) is 3.09. The summed E-state index contributed by atoms with van der Waals surface area (Å²) in [7, 11) is 0. The molecule has 2 aromatic rings. The van der Waals surface area contributed by atoms with Gasteiger partial charge in [0.15, 0.2) is 5.75 Å². The van der Waals surface area contributed by atoms with Gasteiger partial charge in [-0.15, -0.1) is 0 Å². The Hall–Kier alpha value is -0.940. The molecular weight excluding hydrogens is 360 g/mol. The van der Waals surface area contributed by atoms with Crippen molar-refractivity contribution in [1.82, 2.24) is 9.97 Å². The molecule has 0 atom stereocenters. The predicted molar refractivity (Wildman–Crippen MR) is 78.1 cm³/mol. The fourth-order valence-electron chi connectivity index (χ4n) is 1.53. The topological polar surface area (TPSA) is 35.0 Å². The monoisotopic (exact) mass is 370 g/mol. The van der Waals surface area contributed by atoms with Gasteiger partial charge in [-0.2, -0.15) is 0 Å². The van der Waals surface area contributed by atoms with Gasteiger partial charge in [-0.3, -0.25) is 4.98 Å². The molecule has 0 aliphatic rings. The second kappa shape index (κ2) is 5.80. The molecule has 0 aliphatic carbocycles. The standard InChI is InChI=1S/C13H12Br2N2O/c1-3-11-12(5-4-8(2)17-11)18-13-10(15)6-9(14)7-16-13/h4-7H,3H2,1-2H3. The van der Waals surface area contributed by atoms with Crippen LogP contribution in [0.25, 0.3) is 0 Å². The minimum Gasteiger partial charge on any atom is -0.436 e. The maximum Gasteiger partial charge on any atom is 0.233 e. The molecule has 5 heteroatoms. The number of nitrogens with zero attached hydrogens (tertiary/aromatic N) is 2. The van der Waals surface area contributed by atoms with Gasteiger partial charge in [0.05, 0.1) is 10.2 Å². The third-order valence-corrected chi connectivity index (χ3v) is 3.39. The Labute approximate surface area is 123 Å². The normalized spacial score (nSPS) is 10.4. The van der Waals surface area contributed by atoms with E-state index in [-0.39, 0.29) is 0 Å². The number of halogens is 2. The van der Waals surface area contributed by atoms with Gasteiger partial charge < -0.3 is 4.74 Å². The van der Waals surface area contributed by atoms with Crippen molar-refractivity contribution in [3.05, 3.63) is 44.7 Å². The summed E-state index contributed by atoms with van der Waals surface area (Å²) < 4.78 is 7.51. The van der Waals surface area contributed by atoms with Crippen LogP contribution in [0.5, 0.6) is 11.6 Å². The minimum atomic E-state index is 0.540. The van der Waals surface area contributed by atoms with E-state index in [2.05, 4.69) is 48.8 Å². The van der Waals surface area contributed by atoms with E-state index in [0.29, 0.717) is 5.88 Å². The van der Waals surface area contributed by atoms with Crippen molar-refractivity contribution < 1.29 is 4.74 Å². The van der Waals surface area contributed by atoms with Crippen molar-refractivity contribution in [1.29, 1.82) is 0 Å². The molecule has 3 nitrogen and oxygen atoms in total. The zero-order valence-electron chi connectivity index (χ0n) is 10.1. The lowest BCUT2D eigenvalue weighted by molar-refractivity contribution is 0.450. The second-order valence-electron chi connectivity index (χ2n) is 3.79. The summed E-state index contributed by atoms with van der Waals surface area (Å²) in [5.74, 6) is 1.29. The zero-order valence-corrected chi connectivity index (χ0v) is 13.2. The largest absolute Gasteiger partial charge is 0.436 e. The number of hydrogen-bond donors (Lipinski definition) is 0. The van der Waals surface area contributed by atoms with Gasteiger partial charge in [-0.05, 0) is 63.4 Å². The summed E-state index contributed by atoms with van der Waals surface area (Å²) in [6.07, 6.45) is 2.53. The van der Waals surface area contributed by atoms with Crippen LogP contribution in [-0.2, 0) is 6.42 Å². The van der Waals surface area contributed by atoms with Crippen LogP contribution in [0.1, 0.15) is 18.3 Å². The van der Waals surface area contributed by atoms with E-state index >= 15 is 0 Å². The number of aromatic nitrogens is 2. The molecule has 0 aliphatic heterocycles. The van der Waals surface area contributed by atoms with E-state index in [1.807, 2.05) is 25.1 Å². The Morgan fingerprint density at radius 1 is 1.28 bits per heavy atom. The average Bonchev–Trinajstić information content (AvgIpc) is 2.34. The lowest BCUT2D eigenvalue weighted by Gasteiger charge is -2.10. The summed E-state index contributed by atoms with van der Waals surface area (Å²) in [4.78, 5) is 8.68. The van der Waals surface area contributed by atoms with Crippen LogP contribution in [0.2, 0.25) is 0 Å². The molecule has 2 rings (SSSR count). The van der Waals surface area contributed by atoms with Crippen molar-refractivity contribution in [3.8, 4) is 11.6 Å². The Bertz CT molecular complexity index is 573. The highest BCUT2D eigenvalue weighted by atomic mass is 79.9. The van der Waals surface area contributed by atoms with Crippen molar-refractivity contribution in [3.63, 3.8) is 0 Å². The molecular formula is C13H12Br2N2O. The highest BCUT2D eigenvalue weighted by molar-refractivity contribution is 9.11. The number of pyridine rings is 2. The molecule has 0 bridgehead atoms. The van der Waals surface area contributed by atoms with Crippen LogP contribution < -0.4 is 4.74 Å². The number of hydrogen-bond acceptors (Lipinski definition) is 3. The number of ether oxygens (including phenoxy) is 1. The molecule has 0 fully saturated rings. The lowest BCUT2D eigenvalue weighted by Crippen LogP contribution is -1.97. The van der Waals surface area contributed by atoms with Crippen molar-refractivity contribution >= 4 is 31.9 Å². The van der Waals surface area contributed by atoms with E-state index in [1.54, 1.807) is 6.20 Å². The number of aryl methyl sites for hydroxylation is 2. The summed E-state index contributed by atoms with van der Waals surface area (Å²) in [5, 5.41) is 0. The van der Waals surface area contributed by atoms with Gasteiger partial charge in [-0.1, -0.05) is 6.92 Å². The molecule has 0 aromatic carbocycles. The fraction of sp³-hybridized carbons (Fsp3) is 0.231. The zero-order chi connectivity index (χ0) is 13.1. The van der Waals surface area contributed by atoms with Crippen LogP contribution in [0, 0.1) is 6.92 Å². The van der Waals surface area contributed by atoms with E-state index < -0.39 is 0 Å². The van der Waals surface area contributed by atoms with Crippen LogP contribution in [0.15, 0.2) is 33.3 Å². The average molecular weight is 372 g/mol. The molecule has 2 heterocycles. The maximum absolute atomic E-state index is 5.80. The molecule has 18 heavy (non-hydrogen) atoms. The molecule has 2 aromatic heterocycles. The summed E-state index contributed by atoms with van der Waals surface area (Å²) in [6, 6.07) is 5.76. The van der Waals surface area contributed by atoms with Crippen LogP contribution in [0.4, 0.5) is 0 Å². The Balaban J connectivity index is 2.33. The van der Waals surface area contributed by atoms with Gasteiger partial charge in [0.1, 0.15) is 0 Å². The first-order valence-electron chi connectivity index (χ1n) is 5.55. The molecule has 0 spiro atoms. The van der Waals surface area contributed by atoms with E-state index in [9.17, 15) is 0 Å². The highest BCUT2D eigenvalue weighted by Crippen LogP contribution is 2.31. The van der Waals surface area contributed by atoms with E-state index in [0.717, 1.165) is 32.5 Å². The lowest BCUT2D eigenvalue weighted by atomic mass is 10.2. The number of rotatable bonds is 3. The van der Waals surface area contributed by atoms with Gasteiger partial charge >= 0.3 is 0 Å². The molecule has 0 unspecified atom stereocenters. The SMILES string of the molecule is CCc1nc(C)ccc1Oc1ncc(Br)cc1Br. The maximum atomic E-state index is 5.80. The van der Waals surface area contributed by atoms with Gasteiger partial charge in [0, 0.05) is 16.4 Å². The second-order valence-corrected chi connectivity index (χ2v) is 5.56. The molecule has 0 saturated heterocycles. The smallest absolute Gasteiger partial charge is 0.233 e. The Morgan fingerprint density at radius 2 is 2.06 bits per heavy atom. The van der Waals surface area contributed by atoms with Crippen LogP contribution in [0.3, 0.4) is 0 Å². The van der Waals surface area contributed by atoms with Gasteiger partial charge in [-0.25, -0.2) is 4.98 Å². The van der Waals surface area contributed by atoms with Crippen molar-refractivity contribution in [2.75, 3.05) is 0 Å². The summed E-state index contributed by atoms with van der Waals surface area (Å²) >= 11 is 6.79. The van der Waals surface area contributed by atoms with Crippen molar-refractivity contribution in [2.45, 2.75) is 20.3 Å². The third-order valence-electron chi connectivity index (χ3n) is 2.39. The molecule has 0 radical (unpaired) electrons. The van der Waals surface area contributed by atoms with Gasteiger partial charge in [0.25, 0.3) is 0 Å². The van der Waals surface area contributed by atoms with Crippen LogP contribution >= 0.6 is 31.9 Å². The summed E-state index contributed by atoms with van der Waals surface area (Å²) in [5.41, 5.74) is 1.92. The first-order valence-corrected chi connectivity index (χ1v) is 7.14. The molecule has 0 saturated carbocycles. The molecule has 94 valence electrons. The van der Waals surface area contributed by atoms with E-state index in [1.165, 1.54) is 0 Å². The Kier molecular flexibility index (Phi) is 4.35. The molecule has 0 N–H and O–H groups in total. The quantitative estimate of drug-likeness (QED) is 0.786. The Morgan fingerprint density at radius 3 is 2.72 bits per heavy atom. The van der Waals surface area contributed by atoms with E-state index in [4.69, 9.17) is 4.74 Å².